The van der Waals surface area contributed by atoms with Crippen molar-refractivity contribution in [3.8, 4) is 11.5 Å². The van der Waals surface area contributed by atoms with Crippen LogP contribution in [0.15, 0.2) is 66.9 Å². The van der Waals surface area contributed by atoms with E-state index in [0.717, 1.165) is 49.8 Å². The molecule has 1 aromatic heterocycles. The fraction of sp³-hybridized carbons (Fsp3) is 0.308. The number of pyridine rings is 1. The van der Waals surface area contributed by atoms with Gasteiger partial charge in [-0.25, -0.2) is 9.78 Å². The molecule has 1 saturated heterocycles. The van der Waals surface area contributed by atoms with Gasteiger partial charge in [-0.3, -0.25) is 4.90 Å². The highest BCUT2D eigenvalue weighted by atomic mass is 35.5. The molecule has 0 amide bonds. The van der Waals surface area contributed by atoms with Crippen molar-refractivity contribution in [1.29, 1.82) is 0 Å². The normalized spacial score (nSPS) is 14.4. The molecule has 0 spiro atoms. The summed E-state index contributed by atoms with van der Waals surface area (Å²) in [6.45, 7) is 7.73. The lowest BCUT2D eigenvalue weighted by atomic mass is 10.1. The van der Waals surface area contributed by atoms with Crippen LogP contribution in [0.1, 0.15) is 29.8 Å². The Morgan fingerprint density at radius 3 is 2.45 bits per heavy atom. The summed E-state index contributed by atoms with van der Waals surface area (Å²) in [5.74, 6) is 1.96. The number of carbonyl (C=O) groups excluding carboxylic acids is 1. The molecule has 0 bridgehead atoms. The summed E-state index contributed by atoms with van der Waals surface area (Å²) in [6, 6.07) is 19.0. The average molecular weight is 466 g/mol. The van der Waals surface area contributed by atoms with E-state index in [1.165, 1.54) is 0 Å². The molecule has 2 heterocycles. The topological polar surface area (TPSA) is 54.9 Å². The zero-order chi connectivity index (χ0) is 23.2. The number of ether oxygens (including phenoxy) is 2. The number of esters is 1. The molecule has 0 aliphatic carbocycles. The molecule has 2 aromatic carbocycles. The predicted molar refractivity (Wildman–Crippen MR) is 130 cm³/mol. The van der Waals surface area contributed by atoms with Crippen molar-refractivity contribution in [2.45, 2.75) is 26.5 Å². The number of anilines is 1. The van der Waals surface area contributed by atoms with E-state index >= 15 is 0 Å². The lowest BCUT2D eigenvalue weighted by Crippen LogP contribution is -2.46. The van der Waals surface area contributed by atoms with Gasteiger partial charge >= 0.3 is 5.97 Å². The van der Waals surface area contributed by atoms with E-state index < -0.39 is 0 Å². The van der Waals surface area contributed by atoms with Crippen molar-refractivity contribution in [2.24, 2.45) is 0 Å². The van der Waals surface area contributed by atoms with Crippen LogP contribution in [0.25, 0.3) is 0 Å². The lowest BCUT2D eigenvalue weighted by molar-refractivity contribution is 0.0378. The van der Waals surface area contributed by atoms with Gasteiger partial charge in [-0.15, -0.1) is 0 Å². The van der Waals surface area contributed by atoms with Gasteiger partial charge in [-0.05, 0) is 56.3 Å². The molecule has 3 aromatic rings. The van der Waals surface area contributed by atoms with E-state index in [1.807, 2.05) is 56.3 Å². The quantitative estimate of drug-likeness (QED) is 0.434. The monoisotopic (exact) mass is 465 g/mol. The smallest absolute Gasteiger partial charge is 0.342 e. The van der Waals surface area contributed by atoms with Crippen LogP contribution < -0.4 is 9.64 Å². The maximum absolute atomic E-state index is 12.5. The largest absolute Gasteiger partial charge is 0.459 e. The number of aromatic nitrogens is 1. The Hall–Kier alpha value is -3.09. The van der Waals surface area contributed by atoms with Gasteiger partial charge in [0.2, 0.25) is 0 Å². The molecular weight excluding hydrogens is 438 g/mol. The summed E-state index contributed by atoms with van der Waals surface area (Å²) < 4.78 is 11.5. The Morgan fingerprint density at radius 2 is 1.73 bits per heavy atom. The van der Waals surface area contributed by atoms with Gasteiger partial charge < -0.3 is 14.4 Å². The van der Waals surface area contributed by atoms with Crippen LogP contribution in [0.3, 0.4) is 0 Å². The van der Waals surface area contributed by atoms with Crippen molar-refractivity contribution in [1.82, 2.24) is 9.88 Å². The van der Waals surface area contributed by atoms with Gasteiger partial charge in [0.25, 0.3) is 0 Å². The van der Waals surface area contributed by atoms with Crippen molar-refractivity contribution in [3.05, 3.63) is 83.0 Å². The summed E-state index contributed by atoms with van der Waals surface area (Å²) in [7, 11) is 0. The summed E-state index contributed by atoms with van der Waals surface area (Å²) >= 11 is 5.98. The van der Waals surface area contributed by atoms with E-state index in [2.05, 4.69) is 20.9 Å². The van der Waals surface area contributed by atoms with Crippen LogP contribution in [0.2, 0.25) is 5.02 Å². The fourth-order valence-corrected chi connectivity index (χ4v) is 3.93. The van der Waals surface area contributed by atoms with E-state index in [0.29, 0.717) is 16.4 Å². The molecule has 1 aliphatic heterocycles. The third kappa shape index (κ3) is 6.03. The maximum Gasteiger partial charge on any atom is 0.342 e. The number of rotatable bonds is 7. The highest BCUT2D eigenvalue weighted by Gasteiger charge is 2.24. The zero-order valence-electron chi connectivity index (χ0n) is 18.9. The minimum atomic E-state index is -0.330. The number of benzene rings is 2. The van der Waals surface area contributed by atoms with Crippen LogP contribution in [0.4, 0.5) is 5.82 Å². The number of nitrogens with zero attached hydrogens (tertiary/aromatic N) is 3. The van der Waals surface area contributed by atoms with E-state index in [9.17, 15) is 4.79 Å². The van der Waals surface area contributed by atoms with Crippen molar-refractivity contribution in [3.63, 3.8) is 0 Å². The Kier molecular flexibility index (Phi) is 7.47. The molecule has 0 radical (unpaired) electrons. The summed E-state index contributed by atoms with van der Waals surface area (Å²) in [5.41, 5.74) is 1.64. The number of piperazine rings is 1. The van der Waals surface area contributed by atoms with Gasteiger partial charge in [0, 0.05) is 49.5 Å². The first kappa shape index (κ1) is 23.1. The Morgan fingerprint density at radius 1 is 1.00 bits per heavy atom. The molecule has 6 nitrogen and oxygen atoms in total. The third-order valence-electron chi connectivity index (χ3n) is 5.43. The van der Waals surface area contributed by atoms with Gasteiger partial charge in [0.05, 0.1) is 6.10 Å². The number of para-hydroxylation sites is 1. The number of halogens is 1. The van der Waals surface area contributed by atoms with Crippen molar-refractivity contribution < 1.29 is 14.3 Å². The van der Waals surface area contributed by atoms with Crippen molar-refractivity contribution >= 4 is 23.4 Å². The number of hydrogen-bond acceptors (Lipinski definition) is 6. The molecule has 0 unspecified atom stereocenters. The third-order valence-corrected chi connectivity index (χ3v) is 5.68. The highest BCUT2D eigenvalue weighted by molar-refractivity contribution is 6.30. The highest BCUT2D eigenvalue weighted by Crippen LogP contribution is 2.28. The second-order valence-electron chi connectivity index (χ2n) is 8.26. The van der Waals surface area contributed by atoms with Gasteiger partial charge in [-0.2, -0.15) is 0 Å². The molecular formula is C26H28ClN3O3. The number of carbonyl (C=O) groups is 1. The molecule has 7 heteroatoms. The molecule has 0 N–H and O–H groups in total. The van der Waals surface area contributed by atoms with Crippen LogP contribution in [0, 0.1) is 0 Å². The SMILES string of the molecule is CC(C)OC(=O)c1cccnc1N1CCN(Cc2ccccc2Oc2ccc(Cl)cc2)CC1. The molecule has 4 rings (SSSR count). The van der Waals surface area contributed by atoms with E-state index in [4.69, 9.17) is 21.1 Å². The standard InChI is InChI=1S/C26H28ClN3O3/c1-19(2)32-26(31)23-7-5-13-28-25(23)30-16-14-29(15-17-30)18-20-6-3-4-8-24(20)33-22-11-9-21(27)10-12-22/h3-13,19H,14-18H2,1-2H3. The summed E-state index contributed by atoms with van der Waals surface area (Å²) in [5, 5.41) is 0.682. The minimum absolute atomic E-state index is 0.169. The van der Waals surface area contributed by atoms with Crippen LogP contribution in [0.5, 0.6) is 11.5 Å². The Labute approximate surface area is 199 Å². The summed E-state index contributed by atoms with van der Waals surface area (Å²) in [4.78, 5) is 21.5. The van der Waals surface area contributed by atoms with Gasteiger partial charge in [0.15, 0.2) is 0 Å². The van der Waals surface area contributed by atoms with Crippen molar-refractivity contribution in [2.75, 3.05) is 31.1 Å². The predicted octanol–water partition coefficient (Wildman–Crippen LogP) is 5.41. The Bertz CT molecular complexity index is 1080. The second-order valence-corrected chi connectivity index (χ2v) is 8.69. The second kappa shape index (κ2) is 10.7. The van der Waals surface area contributed by atoms with E-state index in [1.54, 1.807) is 18.3 Å². The molecule has 0 saturated carbocycles. The lowest BCUT2D eigenvalue weighted by Gasteiger charge is -2.36. The first-order valence-corrected chi connectivity index (χ1v) is 11.5. The maximum atomic E-state index is 12.5. The molecule has 0 atom stereocenters. The fourth-order valence-electron chi connectivity index (χ4n) is 3.81. The van der Waals surface area contributed by atoms with Crippen LogP contribution in [-0.2, 0) is 11.3 Å². The first-order valence-electron chi connectivity index (χ1n) is 11.1. The van der Waals surface area contributed by atoms with Crippen LogP contribution in [-0.4, -0.2) is 48.1 Å². The molecule has 172 valence electrons. The summed E-state index contributed by atoms with van der Waals surface area (Å²) in [6.07, 6.45) is 1.55. The first-order chi connectivity index (χ1) is 16.0. The number of hydrogen-bond donors (Lipinski definition) is 0. The molecule has 1 fully saturated rings. The minimum Gasteiger partial charge on any atom is -0.459 e. The zero-order valence-corrected chi connectivity index (χ0v) is 19.7. The molecule has 1 aliphatic rings. The van der Waals surface area contributed by atoms with Gasteiger partial charge in [0.1, 0.15) is 22.9 Å². The molecule has 33 heavy (non-hydrogen) atoms. The van der Waals surface area contributed by atoms with Crippen LogP contribution >= 0.6 is 11.6 Å². The average Bonchev–Trinajstić information content (AvgIpc) is 2.82. The van der Waals surface area contributed by atoms with Gasteiger partial charge in [-0.1, -0.05) is 29.8 Å². The van der Waals surface area contributed by atoms with E-state index in [-0.39, 0.29) is 12.1 Å². The Balaban J connectivity index is 1.40.